The molecule has 1 saturated heterocycles. The number of hydrogen-bond acceptors (Lipinski definition) is 6. The number of nitrogens with one attached hydrogen (secondary N) is 1. The minimum Gasteiger partial charge on any atom is -0.464 e. The Morgan fingerprint density at radius 2 is 2.33 bits per heavy atom. The molecule has 0 aliphatic carbocycles. The van der Waals surface area contributed by atoms with Gasteiger partial charge in [-0.25, -0.2) is 14.8 Å². The molecule has 0 radical (unpaired) electrons. The van der Waals surface area contributed by atoms with E-state index in [4.69, 9.17) is 9.47 Å². The summed E-state index contributed by atoms with van der Waals surface area (Å²) >= 11 is 0. The van der Waals surface area contributed by atoms with Crippen LogP contribution in [0.25, 0.3) is 0 Å². The van der Waals surface area contributed by atoms with E-state index >= 15 is 0 Å². The van der Waals surface area contributed by atoms with Crippen LogP contribution in [0.3, 0.4) is 0 Å². The predicted octanol–water partition coefficient (Wildman–Crippen LogP) is 1.02. The summed E-state index contributed by atoms with van der Waals surface area (Å²) in [5.41, 5.74) is 2.27. The lowest BCUT2D eigenvalue weighted by molar-refractivity contribution is 0.0155. The normalized spacial score (nSPS) is 21.7. The number of aromatic nitrogens is 2. The summed E-state index contributed by atoms with van der Waals surface area (Å²) in [6, 6.07) is 0. The van der Waals surface area contributed by atoms with Gasteiger partial charge in [0.1, 0.15) is 5.82 Å². The van der Waals surface area contributed by atoms with Crippen LogP contribution in [0.4, 0.5) is 0 Å². The summed E-state index contributed by atoms with van der Waals surface area (Å²) in [5.74, 6) is 0.311. The number of hydrogen-bond donors (Lipinski definition) is 1. The molecule has 6 nitrogen and oxygen atoms in total. The van der Waals surface area contributed by atoms with Gasteiger partial charge in [0.25, 0.3) is 0 Å². The van der Waals surface area contributed by atoms with Crippen LogP contribution in [0, 0.1) is 0 Å². The minimum absolute atomic E-state index is 0.166. The van der Waals surface area contributed by atoms with Gasteiger partial charge in [-0.05, 0) is 32.2 Å². The highest BCUT2D eigenvalue weighted by molar-refractivity contribution is 5.89. The second-order valence-corrected chi connectivity index (χ2v) is 5.52. The Bertz CT molecular complexity index is 527. The smallest absolute Gasteiger partial charge is 0.357 e. The van der Waals surface area contributed by atoms with Gasteiger partial charge in [0.05, 0.1) is 18.9 Å². The zero-order valence-electron chi connectivity index (χ0n) is 12.4. The minimum atomic E-state index is -0.374. The van der Waals surface area contributed by atoms with E-state index in [2.05, 4.69) is 15.3 Å². The Morgan fingerprint density at radius 3 is 3.10 bits per heavy atom. The fraction of sp³-hybridized carbons (Fsp3) is 0.667. The Balaban J connectivity index is 1.88. The Labute approximate surface area is 124 Å². The summed E-state index contributed by atoms with van der Waals surface area (Å²) in [5, 5.41) is 3.28. The van der Waals surface area contributed by atoms with Crippen LogP contribution in [0.2, 0.25) is 0 Å². The van der Waals surface area contributed by atoms with Crippen LogP contribution in [-0.2, 0) is 28.9 Å². The fourth-order valence-corrected chi connectivity index (χ4v) is 2.94. The quantitative estimate of drug-likeness (QED) is 0.838. The number of ether oxygens (including phenoxy) is 2. The molecule has 1 aromatic heterocycles. The van der Waals surface area contributed by atoms with Crippen molar-refractivity contribution >= 4 is 5.97 Å². The van der Waals surface area contributed by atoms with Crippen LogP contribution in [0.15, 0.2) is 0 Å². The standard InChI is InChI=1S/C15H21N3O3/c1-20-15(19)14-11-5-6-16-9-12(11)17-13(18-14)8-10-4-2-3-7-21-10/h10,16H,2-9H2,1H3. The molecule has 1 fully saturated rings. The molecule has 3 rings (SSSR count). The van der Waals surface area contributed by atoms with Crippen molar-refractivity contribution < 1.29 is 14.3 Å². The first-order valence-corrected chi connectivity index (χ1v) is 7.57. The largest absolute Gasteiger partial charge is 0.464 e. The van der Waals surface area contributed by atoms with Gasteiger partial charge >= 0.3 is 5.97 Å². The van der Waals surface area contributed by atoms with Gasteiger partial charge < -0.3 is 14.8 Å². The second kappa shape index (κ2) is 6.49. The molecular formula is C15H21N3O3. The molecule has 1 aromatic rings. The van der Waals surface area contributed by atoms with Crippen LogP contribution < -0.4 is 5.32 Å². The van der Waals surface area contributed by atoms with E-state index < -0.39 is 0 Å². The highest BCUT2D eigenvalue weighted by Gasteiger charge is 2.24. The molecule has 2 aliphatic heterocycles. The number of carbonyl (C=O) groups is 1. The van der Waals surface area contributed by atoms with Crippen molar-refractivity contribution in [2.24, 2.45) is 0 Å². The zero-order chi connectivity index (χ0) is 14.7. The number of rotatable bonds is 3. The van der Waals surface area contributed by atoms with Crippen molar-refractivity contribution in [1.82, 2.24) is 15.3 Å². The van der Waals surface area contributed by atoms with Crippen molar-refractivity contribution in [2.45, 2.75) is 44.8 Å². The molecule has 1 unspecified atom stereocenters. The summed E-state index contributed by atoms with van der Waals surface area (Å²) in [4.78, 5) is 21.0. The second-order valence-electron chi connectivity index (χ2n) is 5.52. The van der Waals surface area contributed by atoms with Gasteiger partial charge in [-0.3, -0.25) is 0 Å². The molecule has 21 heavy (non-hydrogen) atoms. The van der Waals surface area contributed by atoms with Gasteiger partial charge in [-0.2, -0.15) is 0 Å². The number of methoxy groups -OCH3 is 1. The van der Waals surface area contributed by atoms with Crippen molar-refractivity contribution in [1.29, 1.82) is 0 Å². The predicted molar refractivity (Wildman–Crippen MR) is 76.1 cm³/mol. The molecule has 1 N–H and O–H groups in total. The van der Waals surface area contributed by atoms with E-state index in [0.29, 0.717) is 24.5 Å². The van der Waals surface area contributed by atoms with Crippen LogP contribution in [0.5, 0.6) is 0 Å². The molecule has 1 atom stereocenters. The van der Waals surface area contributed by atoms with Crippen LogP contribution in [-0.4, -0.2) is 42.3 Å². The van der Waals surface area contributed by atoms with Gasteiger partial charge in [0, 0.05) is 25.1 Å². The summed E-state index contributed by atoms with van der Waals surface area (Å²) in [7, 11) is 1.39. The Morgan fingerprint density at radius 1 is 1.43 bits per heavy atom. The van der Waals surface area contributed by atoms with E-state index in [1.807, 2.05) is 0 Å². The molecule has 6 heteroatoms. The van der Waals surface area contributed by atoms with E-state index in [9.17, 15) is 4.79 Å². The number of carbonyl (C=O) groups excluding carboxylic acids is 1. The average Bonchev–Trinajstić information content (AvgIpc) is 2.54. The van der Waals surface area contributed by atoms with E-state index in [1.54, 1.807) is 0 Å². The Hall–Kier alpha value is -1.53. The first-order valence-electron chi connectivity index (χ1n) is 7.57. The highest BCUT2D eigenvalue weighted by atomic mass is 16.5. The topological polar surface area (TPSA) is 73.3 Å². The molecule has 0 aromatic carbocycles. The van der Waals surface area contributed by atoms with E-state index in [-0.39, 0.29) is 12.1 Å². The summed E-state index contributed by atoms with van der Waals surface area (Å²) in [6.45, 7) is 2.33. The van der Waals surface area contributed by atoms with Gasteiger partial charge in [-0.1, -0.05) is 0 Å². The maximum atomic E-state index is 12.0. The number of nitrogens with zero attached hydrogens (tertiary/aromatic N) is 2. The van der Waals surface area contributed by atoms with E-state index in [1.165, 1.54) is 13.5 Å². The molecule has 3 heterocycles. The number of esters is 1. The molecule has 0 spiro atoms. The molecule has 0 saturated carbocycles. The molecule has 114 valence electrons. The average molecular weight is 291 g/mol. The lowest BCUT2D eigenvalue weighted by Crippen LogP contribution is -2.30. The Kier molecular flexibility index (Phi) is 4.45. The fourth-order valence-electron chi connectivity index (χ4n) is 2.94. The van der Waals surface area contributed by atoms with Gasteiger partial charge in [0.2, 0.25) is 0 Å². The third-order valence-electron chi connectivity index (χ3n) is 4.05. The monoisotopic (exact) mass is 291 g/mol. The van der Waals surface area contributed by atoms with Crippen molar-refractivity contribution in [3.63, 3.8) is 0 Å². The first kappa shape index (κ1) is 14.4. The van der Waals surface area contributed by atoms with Crippen molar-refractivity contribution in [3.05, 3.63) is 22.8 Å². The highest BCUT2D eigenvalue weighted by Crippen LogP contribution is 2.20. The van der Waals surface area contributed by atoms with Crippen LogP contribution in [0.1, 0.15) is 46.8 Å². The summed E-state index contributed by atoms with van der Waals surface area (Å²) < 4.78 is 10.6. The maximum absolute atomic E-state index is 12.0. The zero-order valence-corrected chi connectivity index (χ0v) is 12.4. The molecule has 2 aliphatic rings. The van der Waals surface area contributed by atoms with Crippen molar-refractivity contribution in [3.8, 4) is 0 Å². The van der Waals surface area contributed by atoms with Gasteiger partial charge in [0.15, 0.2) is 5.69 Å². The van der Waals surface area contributed by atoms with Crippen molar-refractivity contribution in [2.75, 3.05) is 20.3 Å². The van der Waals surface area contributed by atoms with Gasteiger partial charge in [-0.15, -0.1) is 0 Å². The number of fused-ring (bicyclic) bond motifs is 1. The van der Waals surface area contributed by atoms with Crippen LogP contribution >= 0.6 is 0 Å². The SMILES string of the molecule is COC(=O)c1nc(CC2CCCCO2)nc2c1CCNC2. The lowest BCUT2D eigenvalue weighted by Gasteiger charge is -2.23. The molecule has 0 bridgehead atoms. The lowest BCUT2D eigenvalue weighted by atomic mass is 10.0. The third kappa shape index (κ3) is 3.22. The first-order chi connectivity index (χ1) is 10.3. The summed E-state index contributed by atoms with van der Waals surface area (Å²) in [6.07, 6.45) is 4.93. The molecule has 0 amide bonds. The molecular weight excluding hydrogens is 270 g/mol. The van der Waals surface area contributed by atoms with E-state index in [0.717, 1.165) is 43.7 Å². The maximum Gasteiger partial charge on any atom is 0.357 e. The third-order valence-corrected chi connectivity index (χ3v) is 4.05.